The highest BCUT2D eigenvalue weighted by molar-refractivity contribution is 6.07. The average Bonchev–Trinajstić information content (AvgIpc) is 2.64. The van der Waals surface area contributed by atoms with E-state index in [0.717, 1.165) is 23.1 Å². The summed E-state index contributed by atoms with van der Waals surface area (Å²) in [6.45, 7) is 7.11. The monoisotopic (exact) mass is 326 g/mol. The molecule has 5 nitrogen and oxygen atoms in total. The smallest absolute Gasteiger partial charge is 0.325 e. The van der Waals surface area contributed by atoms with Gasteiger partial charge < -0.3 is 10.1 Å². The Morgan fingerprint density at radius 2 is 1.91 bits per heavy atom. The lowest BCUT2D eigenvalue weighted by atomic mass is 9.91. The van der Waals surface area contributed by atoms with E-state index in [2.05, 4.69) is 5.32 Å². The summed E-state index contributed by atoms with van der Waals surface area (Å²) >= 11 is 0. The van der Waals surface area contributed by atoms with E-state index in [9.17, 15) is 18.4 Å². The second-order valence-corrected chi connectivity index (χ2v) is 6.60. The largest absolute Gasteiger partial charge is 0.374 e. The molecule has 0 bridgehead atoms. The molecule has 1 fully saturated rings. The van der Waals surface area contributed by atoms with Gasteiger partial charge in [-0.3, -0.25) is 9.69 Å². The topological polar surface area (TPSA) is 58.6 Å². The van der Waals surface area contributed by atoms with Gasteiger partial charge in [0.05, 0.1) is 18.8 Å². The predicted molar refractivity (Wildman–Crippen MR) is 79.7 cm³/mol. The van der Waals surface area contributed by atoms with Crippen LogP contribution in [-0.4, -0.2) is 35.6 Å². The van der Waals surface area contributed by atoms with Crippen molar-refractivity contribution in [2.75, 3.05) is 13.2 Å². The predicted octanol–water partition coefficient (Wildman–Crippen LogP) is 2.55. The van der Waals surface area contributed by atoms with Crippen LogP contribution in [0.4, 0.5) is 13.6 Å². The number of carbonyl (C=O) groups excluding carboxylic acids is 2. The molecule has 23 heavy (non-hydrogen) atoms. The van der Waals surface area contributed by atoms with Gasteiger partial charge in [0, 0.05) is 5.56 Å². The second-order valence-electron chi connectivity index (χ2n) is 6.60. The van der Waals surface area contributed by atoms with E-state index in [4.69, 9.17) is 4.74 Å². The zero-order chi connectivity index (χ0) is 17.4. The molecule has 1 aliphatic heterocycles. The maximum atomic E-state index is 14.0. The fourth-order valence-electron chi connectivity index (χ4n) is 2.41. The minimum Gasteiger partial charge on any atom is -0.374 e. The number of hydrogen-bond acceptors (Lipinski definition) is 3. The normalized spacial score (nSPS) is 21.7. The second kappa shape index (κ2) is 5.88. The zero-order valence-corrected chi connectivity index (χ0v) is 13.6. The molecular formula is C16H20F2N2O3. The average molecular weight is 326 g/mol. The van der Waals surface area contributed by atoms with Gasteiger partial charge in [-0.15, -0.1) is 0 Å². The molecule has 0 unspecified atom stereocenters. The summed E-state index contributed by atoms with van der Waals surface area (Å²) in [5.74, 6) is -2.07. The van der Waals surface area contributed by atoms with Crippen LogP contribution < -0.4 is 5.32 Å². The van der Waals surface area contributed by atoms with Crippen molar-refractivity contribution in [1.82, 2.24) is 10.2 Å². The van der Waals surface area contributed by atoms with Crippen LogP contribution in [0.3, 0.4) is 0 Å². The van der Waals surface area contributed by atoms with Crippen LogP contribution in [0.15, 0.2) is 18.2 Å². The number of urea groups is 1. The summed E-state index contributed by atoms with van der Waals surface area (Å²) in [5, 5.41) is 2.44. The molecule has 1 aromatic carbocycles. The highest BCUT2D eigenvalue weighted by atomic mass is 19.1. The third-order valence-corrected chi connectivity index (χ3v) is 3.59. The van der Waals surface area contributed by atoms with Crippen molar-refractivity contribution in [3.8, 4) is 0 Å². The van der Waals surface area contributed by atoms with Crippen molar-refractivity contribution in [3.63, 3.8) is 0 Å². The van der Waals surface area contributed by atoms with Crippen molar-refractivity contribution in [1.29, 1.82) is 0 Å². The molecule has 1 heterocycles. The SMILES string of the molecule is CC(C)(C)OCCN1C(=O)N[C@](C)(c2cc(F)ccc2F)C1=O. The number of amides is 3. The first-order valence-corrected chi connectivity index (χ1v) is 7.28. The molecule has 1 saturated heterocycles. The lowest BCUT2D eigenvalue weighted by Crippen LogP contribution is -2.42. The summed E-state index contributed by atoms with van der Waals surface area (Å²) in [7, 11) is 0. The van der Waals surface area contributed by atoms with Crippen LogP contribution in [0.5, 0.6) is 0 Å². The van der Waals surface area contributed by atoms with Crippen LogP contribution in [0.25, 0.3) is 0 Å². The molecule has 1 N–H and O–H groups in total. The van der Waals surface area contributed by atoms with Gasteiger partial charge in [0.25, 0.3) is 5.91 Å². The first-order valence-electron chi connectivity index (χ1n) is 7.28. The standard InChI is InChI=1S/C16H20F2N2O3/c1-15(2,3)23-8-7-20-13(21)16(4,19-14(20)22)11-9-10(17)5-6-12(11)18/h5-6,9H,7-8H2,1-4H3,(H,19,22)/t16-/m1/s1. The number of ether oxygens (including phenoxy) is 1. The number of carbonyl (C=O) groups is 2. The maximum absolute atomic E-state index is 14.0. The number of nitrogens with zero attached hydrogens (tertiary/aromatic N) is 1. The summed E-state index contributed by atoms with van der Waals surface area (Å²) in [6, 6.07) is 2.15. The summed E-state index contributed by atoms with van der Waals surface area (Å²) in [4.78, 5) is 25.6. The molecule has 0 aliphatic carbocycles. The van der Waals surface area contributed by atoms with E-state index in [0.29, 0.717) is 0 Å². The maximum Gasteiger partial charge on any atom is 0.325 e. The molecule has 1 atom stereocenters. The Kier molecular flexibility index (Phi) is 4.43. The number of hydrogen-bond donors (Lipinski definition) is 1. The Balaban J connectivity index is 2.21. The van der Waals surface area contributed by atoms with E-state index in [1.54, 1.807) is 0 Å². The van der Waals surface area contributed by atoms with Gasteiger partial charge in [0.15, 0.2) is 0 Å². The van der Waals surface area contributed by atoms with Crippen molar-refractivity contribution < 1.29 is 23.1 Å². The third-order valence-electron chi connectivity index (χ3n) is 3.59. The van der Waals surface area contributed by atoms with E-state index >= 15 is 0 Å². The summed E-state index contributed by atoms with van der Waals surface area (Å²) in [6.07, 6.45) is 0. The molecule has 2 rings (SSSR count). The van der Waals surface area contributed by atoms with Crippen LogP contribution in [0, 0.1) is 11.6 Å². The molecule has 0 radical (unpaired) electrons. The lowest BCUT2D eigenvalue weighted by molar-refractivity contribution is -0.132. The fraction of sp³-hybridized carbons (Fsp3) is 0.500. The van der Waals surface area contributed by atoms with Crippen LogP contribution >= 0.6 is 0 Å². The van der Waals surface area contributed by atoms with Crippen molar-refractivity contribution in [3.05, 3.63) is 35.4 Å². The van der Waals surface area contributed by atoms with Crippen molar-refractivity contribution in [2.45, 2.75) is 38.8 Å². The molecule has 126 valence electrons. The fourth-order valence-corrected chi connectivity index (χ4v) is 2.41. The Bertz CT molecular complexity index is 643. The molecule has 1 aliphatic rings. The molecule has 0 saturated carbocycles. The molecule has 1 aromatic rings. The van der Waals surface area contributed by atoms with E-state index in [1.807, 2.05) is 20.8 Å². The van der Waals surface area contributed by atoms with Gasteiger partial charge in [0.1, 0.15) is 17.2 Å². The van der Waals surface area contributed by atoms with Gasteiger partial charge >= 0.3 is 6.03 Å². The van der Waals surface area contributed by atoms with E-state index in [-0.39, 0.29) is 18.7 Å². The van der Waals surface area contributed by atoms with Crippen LogP contribution in [0.2, 0.25) is 0 Å². The van der Waals surface area contributed by atoms with Crippen LogP contribution in [-0.2, 0) is 15.1 Å². The zero-order valence-electron chi connectivity index (χ0n) is 13.6. The Labute approximate surface area is 133 Å². The van der Waals surface area contributed by atoms with E-state index < -0.39 is 34.7 Å². The van der Waals surface area contributed by atoms with Gasteiger partial charge in [-0.1, -0.05) is 0 Å². The summed E-state index contributed by atoms with van der Waals surface area (Å²) in [5.41, 5.74) is -2.24. The number of rotatable bonds is 4. The van der Waals surface area contributed by atoms with E-state index in [1.165, 1.54) is 6.92 Å². The Hall–Kier alpha value is -2.02. The van der Waals surface area contributed by atoms with Gasteiger partial charge in [-0.05, 0) is 45.9 Å². The number of benzene rings is 1. The Morgan fingerprint density at radius 3 is 2.52 bits per heavy atom. The lowest BCUT2D eigenvalue weighted by Gasteiger charge is -2.24. The van der Waals surface area contributed by atoms with Crippen molar-refractivity contribution >= 4 is 11.9 Å². The van der Waals surface area contributed by atoms with Crippen molar-refractivity contribution in [2.24, 2.45) is 0 Å². The molecule has 0 aromatic heterocycles. The van der Waals surface area contributed by atoms with Gasteiger partial charge in [-0.25, -0.2) is 13.6 Å². The van der Waals surface area contributed by atoms with Gasteiger partial charge in [0.2, 0.25) is 0 Å². The first-order chi connectivity index (χ1) is 10.5. The third kappa shape index (κ3) is 3.50. The quantitative estimate of drug-likeness (QED) is 0.865. The highest BCUT2D eigenvalue weighted by Crippen LogP contribution is 2.31. The minimum atomic E-state index is -1.63. The Morgan fingerprint density at radius 1 is 1.26 bits per heavy atom. The molecular weight excluding hydrogens is 306 g/mol. The summed E-state index contributed by atoms with van der Waals surface area (Å²) < 4.78 is 32.9. The number of halogens is 2. The highest BCUT2D eigenvalue weighted by Gasteiger charge is 2.50. The minimum absolute atomic E-state index is 0.0362. The molecule has 7 heteroatoms. The molecule has 0 spiro atoms. The van der Waals surface area contributed by atoms with Gasteiger partial charge in [-0.2, -0.15) is 0 Å². The number of nitrogens with one attached hydrogen (secondary N) is 1. The number of imide groups is 1. The first kappa shape index (κ1) is 17.3. The van der Waals surface area contributed by atoms with Crippen LogP contribution in [0.1, 0.15) is 33.3 Å². The molecule has 3 amide bonds.